The van der Waals surface area contributed by atoms with Crippen LogP contribution in [0.3, 0.4) is 0 Å². The lowest BCUT2D eigenvalue weighted by Crippen LogP contribution is -2.23. The van der Waals surface area contributed by atoms with Gasteiger partial charge in [-0.2, -0.15) is 0 Å². The minimum absolute atomic E-state index is 0.150. The van der Waals surface area contributed by atoms with E-state index in [4.69, 9.17) is 28.9 Å². The maximum Gasteiger partial charge on any atom is 0.0758 e. The van der Waals surface area contributed by atoms with Gasteiger partial charge in [-0.1, -0.05) is 47.5 Å². The Morgan fingerprint density at radius 3 is 2.84 bits per heavy atom. The van der Waals surface area contributed by atoms with Crippen molar-refractivity contribution in [3.05, 3.63) is 63.4 Å². The van der Waals surface area contributed by atoms with Crippen LogP contribution in [-0.2, 0) is 6.42 Å². The van der Waals surface area contributed by atoms with Gasteiger partial charge in [0, 0.05) is 12.2 Å². The monoisotopic (exact) mass is 292 g/mol. The summed E-state index contributed by atoms with van der Waals surface area (Å²) in [6.07, 6.45) is 3.55. The molecule has 0 bridgehead atoms. The summed E-state index contributed by atoms with van der Waals surface area (Å²) < 4.78 is 0. The number of fused-ring (bicyclic) bond motifs is 1. The van der Waals surface area contributed by atoms with Crippen LogP contribution in [0.5, 0.6) is 0 Å². The highest BCUT2D eigenvalue weighted by Gasteiger charge is 2.28. The van der Waals surface area contributed by atoms with Gasteiger partial charge in [0.2, 0.25) is 0 Å². The first-order valence-corrected chi connectivity index (χ1v) is 7.05. The van der Waals surface area contributed by atoms with Crippen LogP contribution >= 0.6 is 23.2 Å². The number of pyridine rings is 1. The lowest BCUT2D eigenvalue weighted by molar-refractivity contribution is 0.492. The standard InChI is InChI=1S/C15H14Cl2N2/c16-11-7-13(17)15(19-8-11)14(18)6-10-5-9-3-1-2-4-12(9)10/h1-4,7-8,10,14H,5-6,18H2. The van der Waals surface area contributed by atoms with Crippen LogP contribution in [0.1, 0.15) is 35.2 Å². The van der Waals surface area contributed by atoms with Gasteiger partial charge in [-0.3, -0.25) is 4.98 Å². The topological polar surface area (TPSA) is 38.9 Å². The Bertz CT molecular complexity index is 613. The molecule has 0 aliphatic heterocycles. The highest BCUT2D eigenvalue weighted by atomic mass is 35.5. The zero-order valence-electron chi connectivity index (χ0n) is 10.3. The molecule has 98 valence electrons. The Hall–Kier alpha value is -1.09. The van der Waals surface area contributed by atoms with E-state index in [0.29, 0.717) is 16.0 Å². The summed E-state index contributed by atoms with van der Waals surface area (Å²) in [7, 11) is 0. The van der Waals surface area contributed by atoms with Crippen LogP contribution in [0.2, 0.25) is 10.0 Å². The molecule has 0 spiro atoms. The van der Waals surface area contributed by atoms with Crippen molar-refractivity contribution in [2.75, 3.05) is 0 Å². The average molecular weight is 293 g/mol. The quantitative estimate of drug-likeness (QED) is 0.924. The Morgan fingerprint density at radius 2 is 2.11 bits per heavy atom. The van der Waals surface area contributed by atoms with E-state index in [1.807, 2.05) is 0 Å². The molecule has 19 heavy (non-hydrogen) atoms. The van der Waals surface area contributed by atoms with Gasteiger partial charge in [0.15, 0.2) is 0 Å². The molecule has 0 radical (unpaired) electrons. The highest BCUT2D eigenvalue weighted by molar-refractivity contribution is 6.34. The summed E-state index contributed by atoms with van der Waals surface area (Å²) in [5, 5.41) is 1.09. The number of benzene rings is 1. The van der Waals surface area contributed by atoms with Gasteiger partial charge in [0.05, 0.1) is 15.7 Å². The molecule has 0 fully saturated rings. The smallest absolute Gasteiger partial charge is 0.0758 e. The molecule has 1 aromatic heterocycles. The first-order chi connectivity index (χ1) is 9.15. The average Bonchev–Trinajstić information content (AvgIpc) is 2.35. The number of hydrogen-bond donors (Lipinski definition) is 1. The molecule has 4 heteroatoms. The van der Waals surface area contributed by atoms with Crippen molar-refractivity contribution in [2.45, 2.75) is 24.8 Å². The first-order valence-electron chi connectivity index (χ1n) is 6.29. The molecule has 1 aliphatic carbocycles. The third-order valence-corrected chi connectivity index (χ3v) is 4.20. The second-order valence-electron chi connectivity index (χ2n) is 4.96. The van der Waals surface area contributed by atoms with E-state index in [1.54, 1.807) is 12.3 Å². The number of halogens is 2. The number of nitrogens with two attached hydrogens (primary N) is 1. The van der Waals surface area contributed by atoms with E-state index in [0.717, 1.165) is 18.5 Å². The second kappa shape index (κ2) is 5.12. The fourth-order valence-electron chi connectivity index (χ4n) is 2.69. The molecule has 2 atom stereocenters. The Labute approximate surface area is 122 Å². The van der Waals surface area contributed by atoms with Gasteiger partial charge < -0.3 is 5.73 Å². The molecule has 0 saturated carbocycles. The molecule has 2 N–H and O–H groups in total. The summed E-state index contributed by atoms with van der Waals surface area (Å²) in [4.78, 5) is 4.26. The normalized spacial score (nSPS) is 18.6. The van der Waals surface area contributed by atoms with Crippen molar-refractivity contribution in [2.24, 2.45) is 5.73 Å². The van der Waals surface area contributed by atoms with Crippen LogP contribution in [-0.4, -0.2) is 4.98 Å². The Balaban J connectivity index is 1.75. The van der Waals surface area contributed by atoms with E-state index >= 15 is 0 Å². The van der Waals surface area contributed by atoms with Crippen molar-refractivity contribution in [1.82, 2.24) is 4.98 Å². The minimum Gasteiger partial charge on any atom is -0.323 e. The Morgan fingerprint density at radius 1 is 1.32 bits per heavy atom. The van der Waals surface area contributed by atoms with Gasteiger partial charge in [-0.25, -0.2) is 0 Å². The number of aromatic nitrogens is 1. The molecular weight excluding hydrogens is 279 g/mol. The molecule has 0 saturated heterocycles. The second-order valence-corrected chi connectivity index (χ2v) is 5.81. The first kappa shape index (κ1) is 12.9. The van der Waals surface area contributed by atoms with E-state index in [2.05, 4.69) is 29.2 Å². The molecular formula is C15H14Cl2N2. The molecule has 1 aromatic carbocycles. The third-order valence-electron chi connectivity index (χ3n) is 3.69. The van der Waals surface area contributed by atoms with Crippen LogP contribution in [0, 0.1) is 0 Å². The van der Waals surface area contributed by atoms with Gasteiger partial charge in [0.25, 0.3) is 0 Å². The van der Waals surface area contributed by atoms with Crippen molar-refractivity contribution in [3.63, 3.8) is 0 Å². The van der Waals surface area contributed by atoms with E-state index in [-0.39, 0.29) is 6.04 Å². The minimum atomic E-state index is -0.150. The summed E-state index contributed by atoms with van der Waals surface area (Å²) in [6.45, 7) is 0. The van der Waals surface area contributed by atoms with E-state index in [1.165, 1.54) is 11.1 Å². The summed E-state index contributed by atoms with van der Waals surface area (Å²) in [5.74, 6) is 0.514. The third kappa shape index (κ3) is 2.48. The maximum atomic E-state index is 6.22. The predicted molar refractivity (Wildman–Crippen MR) is 78.7 cm³/mol. The summed E-state index contributed by atoms with van der Waals surface area (Å²) in [5.41, 5.74) is 9.79. The van der Waals surface area contributed by atoms with Crippen LogP contribution < -0.4 is 5.73 Å². The van der Waals surface area contributed by atoms with Gasteiger partial charge in [-0.15, -0.1) is 0 Å². The number of nitrogens with zero attached hydrogens (tertiary/aromatic N) is 1. The predicted octanol–water partition coefficient (Wildman–Crippen LogP) is 4.12. The summed E-state index contributed by atoms with van der Waals surface area (Å²) in [6, 6.07) is 10.0. The van der Waals surface area contributed by atoms with Gasteiger partial charge in [-0.05, 0) is 36.0 Å². The molecule has 1 aliphatic rings. The van der Waals surface area contributed by atoms with Crippen LogP contribution in [0.15, 0.2) is 36.5 Å². The van der Waals surface area contributed by atoms with Crippen molar-refractivity contribution >= 4 is 23.2 Å². The van der Waals surface area contributed by atoms with Gasteiger partial charge >= 0.3 is 0 Å². The van der Waals surface area contributed by atoms with E-state index < -0.39 is 0 Å². The largest absolute Gasteiger partial charge is 0.323 e. The van der Waals surface area contributed by atoms with Crippen molar-refractivity contribution < 1.29 is 0 Å². The molecule has 2 aromatic rings. The van der Waals surface area contributed by atoms with Gasteiger partial charge in [0.1, 0.15) is 0 Å². The molecule has 2 nitrogen and oxygen atoms in total. The summed E-state index contributed by atoms with van der Waals surface area (Å²) >= 11 is 12.0. The lowest BCUT2D eigenvalue weighted by atomic mass is 9.74. The van der Waals surface area contributed by atoms with Crippen LogP contribution in [0.4, 0.5) is 0 Å². The maximum absolute atomic E-state index is 6.22. The fourth-order valence-corrected chi connectivity index (χ4v) is 3.21. The van der Waals surface area contributed by atoms with E-state index in [9.17, 15) is 0 Å². The molecule has 0 amide bonds. The molecule has 2 unspecified atom stereocenters. The zero-order chi connectivity index (χ0) is 13.4. The Kier molecular flexibility index (Phi) is 3.48. The SMILES string of the molecule is NC(CC1Cc2ccccc21)c1ncc(Cl)cc1Cl. The fraction of sp³-hybridized carbons (Fsp3) is 0.267. The lowest BCUT2D eigenvalue weighted by Gasteiger charge is -2.32. The highest BCUT2D eigenvalue weighted by Crippen LogP contribution is 2.40. The van der Waals surface area contributed by atoms with Crippen molar-refractivity contribution in [1.29, 1.82) is 0 Å². The number of rotatable bonds is 3. The molecule has 1 heterocycles. The number of hydrogen-bond acceptors (Lipinski definition) is 2. The van der Waals surface area contributed by atoms with Crippen LogP contribution in [0.25, 0.3) is 0 Å². The zero-order valence-corrected chi connectivity index (χ0v) is 11.8. The molecule has 3 rings (SSSR count). The van der Waals surface area contributed by atoms with Crippen molar-refractivity contribution in [3.8, 4) is 0 Å².